The second-order valence-corrected chi connectivity index (χ2v) is 6.74. The molecule has 0 rings (SSSR count). The Kier molecular flexibility index (Phi) is 25.1. The monoisotopic (exact) mass is 429 g/mol. The molecule has 0 radical (unpaired) electrons. The van der Waals surface area contributed by atoms with Crippen molar-refractivity contribution in [3.63, 3.8) is 0 Å². The van der Waals surface area contributed by atoms with Gasteiger partial charge in [-0.15, -0.1) is 9.42 Å². The molecule has 0 amide bonds. The predicted octanol–water partition coefficient (Wildman–Crippen LogP) is 6.69. The van der Waals surface area contributed by atoms with Gasteiger partial charge < -0.3 is 0 Å². The Labute approximate surface area is 158 Å². The number of allylic oxidation sites excluding steroid dienone is 2. The van der Waals surface area contributed by atoms with Crippen molar-refractivity contribution < 1.29 is 35.0 Å². The molecule has 0 aliphatic rings. The largest absolute Gasteiger partial charge is 0.694 e. The number of hydrogen-bond donors (Lipinski definition) is 1. The Balaban J connectivity index is 0. The molecule has 23 heavy (non-hydrogen) atoms. The van der Waals surface area contributed by atoms with Crippen LogP contribution in [0.25, 0.3) is 0 Å². The Morgan fingerprint density at radius 1 is 0.783 bits per heavy atom. The second kappa shape index (κ2) is 22.4. The van der Waals surface area contributed by atoms with Gasteiger partial charge >= 0.3 is 8.25 Å². The van der Waals surface area contributed by atoms with E-state index in [-0.39, 0.29) is 21.1 Å². The third kappa shape index (κ3) is 24.8. The first-order chi connectivity index (χ1) is 10.8. The molecule has 0 aromatic heterocycles. The average molecular weight is 427 g/mol. The summed E-state index contributed by atoms with van der Waals surface area (Å²) in [6.45, 7) is 2.67. The zero-order valence-electron chi connectivity index (χ0n) is 14.9. The van der Waals surface area contributed by atoms with Crippen molar-refractivity contribution in [2.75, 3.05) is 6.61 Å². The van der Waals surface area contributed by atoms with Gasteiger partial charge in [-0.1, -0.05) is 76.9 Å². The molecule has 5 heteroatoms. The molecule has 0 heterocycles. The normalized spacial score (nSPS) is 11.7. The molecule has 0 aliphatic heterocycles. The molecule has 0 bridgehead atoms. The first-order valence-electron chi connectivity index (χ1n) is 9.21. The summed E-state index contributed by atoms with van der Waals surface area (Å²) in [7, 11) is -2.40. The van der Waals surface area contributed by atoms with Crippen LogP contribution in [0, 0.1) is 0 Å². The van der Waals surface area contributed by atoms with E-state index in [1.54, 1.807) is 0 Å². The van der Waals surface area contributed by atoms with E-state index in [1.807, 2.05) is 0 Å². The van der Waals surface area contributed by atoms with Crippen LogP contribution in [-0.4, -0.2) is 11.5 Å². The summed E-state index contributed by atoms with van der Waals surface area (Å²) >= 11 is 0. The van der Waals surface area contributed by atoms with Crippen molar-refractivity contribution in [2.45, 2.75) is 96.8 Å². The quantitative estimate of drug-likeness (QED) is 0.122. The SMILES string of the molecule is CCCCCCCC/C=C\CCCCCCCCO[P+](=O)O.[Mo]. The van der Waals surface area contributed by atoms with E-state index in [0.29, 0.717) is 6.61 Å². The molecule has 0 saturated heterocycles. The summed E-state index contributed by atoms with van der Waals surface area (Å²) in [5.74, 6) is 0. The van der Waals surface area contributed by atoms with Crippen molar-refractivity contribution in [3.8, 4) is 0 Å². The fourth-order valence-electron chi connectivity index (χ4n) is 2.49. The number of rotatable bonds is 17. The van der Waals surface area contributed by atoms with Crippen LogP contribution >= 0.6 is 8.25 Å². The number of unbranched alkanes of at least 4 members (excludes halogenated alkanes) is 12. The molecule has 0 fully saturated rings. The molecule has 0 aliphatic carbocycles. The van der Waals surface area contributed by atoms with Gasteiger partial charge in [0.1, 0.15) is 6.61 Å². The fourth-order valence-corrected chi connectivity index (χ4v) is 2.78. The standard InChI is InChI=1S/C18H35O3P.Mo/c1-2-3-4-5-6-7-8-9-10-11-12-13-14-15-16-17-18-21-22(19)20;/h9-10H,2-8,11-18H2,1H3;/p+1/b10-9-;. The molecule has 1 N–H and O–H groups in total. The Hall–Kier alpha value is 0.448. The summed E-state index contributed by atoms with van der Waals surface area (Å²) in [5.41, 5.74) is 0. The summed E-state index contributed by atoms with van der Waals surface area (Å²) in [6.07, 6.45) is 22.4. The van der Waals surface area contributed by atoms with Gasteiger partial charge in [0.2, 0.25) is 0 Å². The minimum atomic E-state index is -2.40. The van der Waals surface area contributed by atoms with Crippen molar-refractivity contribution in [1.82, 2.24) is 0 Å². The molecule has 0 aromatic carbocycles. The molecular weight excluding hydrogens is 391 g/mol. The van der Waals surface area contributed by atoms with Crippen LogP contribution in [0.5, 0.6) is 0 Å². The van der Waals surface area contributed by atoms with Gasteiger partial charge in [0, 0.05) is 25.6 Å². The van der Waals surface area contributed by atoms with Crippen LogP contribution in [0.1, 0.15) is 96.8 Å². The zero-order valence-corrected chi connectivity index (χ0v) is 17.8. The molecule has 136 valence electrons. The van der Waals surface area contributed by atoms with Crippen molar-refractivity contribution in [2.24, 2.45) is 0 Å². The molecule has 0 spiro atoms. The molecule has 3 nitrogen and oxygen atoms in total. The Bertz CT molecular complexity index is 273. The van der Waals surface area contributed by atoms with Crippen molar-refractivity contribution in [3.05, 3.63) is 12.2 Å². The van der Waals surface area contributed by atoms with Gasteiger partial charge in [0.25, 0.3) is 0 Å². The van der Waals surface area contributed by atoms with Crippen LogP contribution in [0.15, 0.2) is 12.2 Å². The smallest absolute Gasteiger partial charge is 0.133 e. The minimum absolute atomic E-state index is 0. The first-order valence-corrected chi connectivity index (χ1v) is 10.3. The van der Waals surface area contributed by atoms with Crippen molar-refractivity contribution >= 4 is 8.25 Å². The third-order valence-corrected chi connectivity index (χ3v) is 4.26. The average Bonchev–Trinajstić information content (AvgIpc) is 2.50. The molecule has 1 atom stereocenters. The minimum Gasteiger partial charge on any atom is -0.133 e. The van der Waals surface area contributed by atoms with Crippen LogP contribution in [0.3, 0.4) is 0 Å². The zero-order chi connectivity index (χ0) is 16.3. The Morgan fingerprint density at radius 2 is 1.22 bits per heavy atom. The maximum atomic E-state index is 10.3. The van der Waals surface area contributed by atoms with Crippen LogP contribution in [0.2, 0.25) is 0 Å². The molecular formula is C18H36MoO3P+. The van der Waals surface area contributed by atoms with Crippen LogP contribution < -0.4 is 0 Å². The summed E-state index contributed by atoms with van der Waals surface area (Å²) in [4.78, 5) is 8.46. The van der Waals surface area contributed by atoms with E-state index in [9.17, 15) is 4.57 Å². The van der Waals surface area contributed by atoms with Gasteiger partial charge in [-0.3, -0.25) is 0 Å². The van der Waals surface area contributed by atoms with Gasteiger partial charge in [0.15, 0.2) is 0 Å². The molecule has 0 saturated carbocycles. The van der Waals surface area contributed by atoms with E-state index >= 15 is 0 Å². The van der Waals surface area contributed by atoms with Gasteiger partial charge in [-0.25, -0.2) is 0 Å². The van der Waals surface area contributed by atoms with Crippen LogP contribution in [-0.2, 0) is 30.2 Å². The van der Waals surface area contributed by atoms with E-state index < -0.39 is 8.25 Å². The molecule has 0 aromatic rings. The van der Waals surface area contributed by atoms with E-state index in [1.165, 1.54) is 77.0 Å². The predicted molar refractivity (Wildman–Crippen MR) is 95.2 cm³/mol. The Morgan fingerprint density at radius 3 is 1.70 bits per heavy atom. The van der Waals surface area contributed by atoms with Gasteiger partial charge in [0.05, 0.1) is 0 Å². The van der Waals surface area contributed by atoms with E-state index in [0.717, 1.165) is 12.8 Å². The third-order valence-electron chi connectivity index (χ3n) is 3.86. The maximum absolute atomic E-state index is 10.3. The first kappa shape index (κ1) is 25.7. The maximum Gasteiger partial charge on any atom is 0.694 e. The van der Waals surface area contributed by atoms with E-state index in [4.69, 9.17) is 4.89 Å². The topological polar surface area (TPSA) is 46.5 Å². The van der Waals surface area contributed by atoms with Gasteiger partial charge in [-0.2, -0.15) is 0 Å². The fraction of sp³-hybridized carbons (Fsp3) is 0.889. The summed E-state index contributed by atoms with van der Waals surface area (Å²) in [5, 5.41) is 0. The second-order valence-electron chi connectivity index (χ2n) is 6.01. The number of hydrogen-bond acceptors (Lipinski definition) is 2. The summed E-state index contributed by atoms with van der Waals surface area (Å²) in [6, 6.07) is 0. The van der Waals surface area contributed by atoms with Crippen LogP contribution in [0.4, 0.5) is 0 Å². The van der Waals surface area contributed by atoms with E-state index in [2.05, 4.69) is 23.6 Å². The van der Waals surface area contributed by atoms with Gasteiger partial charge in [-0.05, 0) is 32.1 Å². The van der Waals surface area contributed by atoms with Crippen molar-refractivity contribution in [1.29, 1.82) is 0 Å². The summed E-state index contributed by atoms with van der Waals surface area (Å²) < 4.78 is 14.9. The molecule has 1 unspecified atom stereocenters.